The summed E-state index contributed by atoms with van der Waals surface area (Å²) in [5, 5.41) is 11.3. The number of rotatable bonds is 3. The first-order valence-electron chi connectivity index (χ1n) is 5.49. The van der Waals surface area contributed by atoms with Crippen LogP contribution in [0.2, 0.25) is 0 Å². The number of carbonyl (C=O) groups excluding carboxylic acids is 1. The van der Waals surface area contributed by atoms with Gasteiger partial charge in [0.1, 0.15) is 6.61 Å². The van der Waals surface area contributed by atoms with Crippen LogP contribution in [0, 0.1) is 0 Å². The van der Waals surface area contributed by atoms with Gasteiger partial charge in [-0.05, 0) is 19.1 Å². The van der Waals surface area contributed by atoms with Gasteiger partial charge in [-0.15, -0.1) is 0 Å². The summed E-state index contributed by atoms with van der Waals surface area (Å²) in [5.74, 6) is -0.783. The molecule has 1 aromatic carbocycles. The predicted molar refractivity (Wildman–Crippen MR) is 62.0 cm³/mol. The maximum Gasteiger partial charge on any atom is 0.341 e. The predicted octanol–water partition coefficient (Wildman–Crippen LogP) is 0.661. The number of ether oxygens (including phenoxy) is 2. The molecule has 1 heterocycles. The molecule has 1 aliphatic rings. The molecule has 0 saturated carbocycles. The van der Waals surface area contributed by atoms with Crippen LogP contribution in [-0.4, -0.2) is 36.2 Å². The Morgan fingerprint density at radius 3 is 3.11 bits per heavy atom. The van der Waals surface area contributed by atoms with Crippen LogP contribution < -0.4 is 14.8 Å². The highest BCUT2D eigenvalue weighted by Crippen LogP contribution is 2.32. The summed E-state index contributed by atoms with van der Waals surface area (Å²) in [5.41, 5.74) is 0.349. The summed E-state index contributed by atoms with van der Waals surface area (Å²) >= 11 is 0. The third kappa shape index (κ3) is 2.53. The summed E-state index contributed by atoms with van der Waals surface area (Å²) in [4.78, 5) is 22.3. The molecular formula is C12H13NO5. The third-order valence-electron chi connectivity index (χ3n) is 2.43. The number of carboxylic acids is 1. The lowest BCUT2D eigenvalue weighted by Crippen LogP contribution is -2.33. The Balaban J connectivity index is 2.31. The second kappa shape index (κ2) is 4.95. The number of hydrogen-bond donors (Lipinski definition) is 2. The van der Waals surface area contributed by atoms with Crippen molar-refractivity contribution in [3.63, 3.8) is 0 Å². The van der Waals surface area contributed by atoms with Gasteiger partial charge in [-0.2, -0.15) is 0 Å². The van der Waals surface area contributed by atoms with E-state index in [4.69, 9.17) is 14.6 Å². The Hall–Kier alpha value is -2.24. The molecule has 1 atom stereocenters. The van der Waals surface area contributed by atoms with E-state index in [9.17, 15) is 9.59 Å². The fourth-order valence-corrected chi connectivity index (χ4v) is 1.65. The van der Waals surface area contributed by atoms with Crippen LogP contribution in [0.5, 0.6) is 11.5 Å². The summed E-state index contributed by atoms with van der Waals surface area (Å²) in [7, 11) is 0. The minimum absolute atomic E-state index is 0.114. The monoisotopic (exact) mass is 251 g/mol. The minimum Gasteiger partial charge on any atom is -0.487 e. The Morgan fingerprint density at radius 1 is 1.61 bits per heavy atom. The van der Waals surface area contributed by atoms with E-state index in [0.29, 0.717) is 17.9 Å². The molecule has 0 aromatic heterocycles. The maximum absolute atomic E-state index is 11.8. The van der Waals surface area contributed by atoms with Gasteiger partial charge in [0.2, 0.25) is 0 Å². The molecule has 0 spiro atoms. The number of carbonyl (C=O) groups is 2. The van der Waals surface area contributed by atoms with Crippen molar-refractivity contribution in [3.05, 3.63) is 23.8 Å². The second-order valence-corrected chi connectivity index (χ2v) is 4.00. The lowest BCUT2D eigenvalue weighted by atomic mass is 10.1. The van der Waals surface area contributed by atoms with Gasteiger partial charge in [0, 0.05) is 0 Å². The Morgan fingerprint density at radius 2 is 2.39 bits per heavy atom. The lowest BCUT2D eigenvalue weighted by molar-refractivity contribution is -0.139. The number of nitrogens with one attached hydrogen (secondary N) is 1. The van der Waals surface area contributed by atoms with Crippen LogP contribution in [0.15, 0.2) is 18.2 Å². The zero-order chi connectivity index (χ0) is 13.1. The first-order chi connectivity index (χ1) is 8.58. The number of aliphatic carboxylic acids is 1. The van der Waals surface area contributed by atoms with Crippen molar-refractivity contribution in [2.24, 2.45) is 0 Å². The van der Waals surface area contributed by atoms with Gasteiger partial charge < -0.3 is 19.9 Å². The summed E-state index contributed by atoms with van der Waals surface area (Å²) in [6.07, 6.45) is 0. The molecule has 0 fully saturated rings. The molecular weight excluding hydrogens is 238 g/mol. The van der Waals surface area contributed by atoms with Gasteiger partial charge in [-0.25, -0.2) is 4.79 Å². The average molecular weight is 251 g/mol. The summed E-state index contributed by atoms with van der Waals surface area (Å²) in [6, 6.07) is 4.69. The van der Waals surface area contributed by atoms with Crippen LogP contribution in [-0.2, 0) is 4.79 Å². The standard InChI is InChI=1S/C12H13NO5/c1-7-5-18-11-8(12(16)13-7)3-2-4-9(11)17-6-10(14)15/h2-4,7H,5-6H2,1H3,(H,13,16)(H,14,15). The zero-order valence-corrected chi connectivity index (χ0v) is 9.80. The first kappa shape index (κ1) is 12.2. The highest BCUT2D eigenvalue weighted by Gasteiger charge is 2.23. The van der Waals surface area contributed by atoms with Crippen LogP contribution >= 0.6 is 0 Å². The van der Waals surface area contributed by atoms with Gasteiger partial charge in [0.25, 0.3) is 5.91 Å². The fourth-order valence-electron chi connectivity index (χ4n) is 1.65. The maximum atomic E-state index is 11.8. The van der Waals surface area contributed by atoms with E-state index >= 15 is 0 Å². The van der Waals surface area contributed by atoms with Crippen molar-refractivity contribution in [1.82, 2.24) is 5.32 Å². The molecule has 0 saturated heterocycles. The van der Waals surface area contributed by atoms with E-state index in [2.05, 4.69) is 5.32 Å². The molecule has 1 aliphatic heterocycles. The van der Waals surface area contributed by atoms with Gasteiger partial charge in [-0.1, -0.05) is 6.07 Å². The quantitative estimate of drug-likeness (QED) is 0.824. The molecule has 96 valence electrons. The molecule has 1 unspecified atom stereocenters. The summed E-state index contributed by atoms with van der Waals surface area (Å²) in [6.45, 7) is 1.66. The van der Waals surface area contributed by atoms with Crippen LogP contribution in [0.4, 0.5) is 0 Å². The van der Waals surface area contributed by atoms with Crippen molar-refractivity contribution in [3.8, 4) is 11.5 Å². The average Bonchev–Trinajstić information content (AvgIpc) is 2.47. The Kier molecular flexibility index (Phi) is 3.36. The van der Waals surface area contributed by atoms with Crippen molar-refractivity contribution < 1.29 is 24.2 Å². The second-order valence-electron chi connectivity index (χ2n) is 4.00. The van der Waals surface area contributed by atoms with E-state index in [1.807, 2.05) is 6.92 Å². The van der Waals surface area contributed by atoms with Crippen molar-refractivity contribution in [2.75, 3.05) is 13.2 Å². The minimum atomic E-state index is -1.08. The van der Waals surface area contributed by atoms with Crippen molar-refractivity contribution in [2.45, 2.75) is 13.0 Å². The SMILES string of the molecule is CC1COc2c(OCC(=O)O)cccc2C(=O)N1. The fraction of sp³-hybridized carbons (Fsp3) is 0.333. The van der Waals surface area contributed by atoms with E-state index < -0.39 is 12.6 Å². The van der Waals surface area contributed by atoms with Crippen molar-refractivity contribution >= 4 is 11.9 Å². The number of benzene rings is 1. The van der Waals surface area contributed by atoms with E-state index in [-0.39, 0.29) is 17.7 Å². The smallest absolute Gasteiger partial charge is 0.341 e. The zero-order valence-electron chi connectivity index (χ0n) is 9.80. The van der Waals surface area contributed by atoms with Gasteiger partial charge >= 0.3 is 5.97 Å². The largest absolute Gasteiger partial charge is 0.487 e. The normalized spacial score (nSPS) is 18.1. The van der Waals surface area contributed by atoms with Gasteiger partial charge in [0.05, 0.1) is 11.6 Å². The molecule has 1 amide bonds. The van der Waals surface area contributed by atoms with E-state index in [1.165, 1.54) is 0 Å². The molecule has 6 heteroatoms. The third-order valence-corrected chi connectivity index (χ3v) is 2.43. The molecule has 6 nitrogen and oxygen atoms in total. The highest BCUT2D eigenvalue weighted by atomic mass is 16.5. The van der Waals surface area contributed by atoms with Crippen LogP contribution in [0.25, 0.3) is 0 Å². The Labute approximate surface area is 104 Å². The van der Waals surface area contributed by atoms with E-state index in [0.717, 1.165) is 0 Å². The summed E-state index contributed by atoms with van der Waals surface area (Å²) < 4.78 is 10.6. The number of fused-ring (bicyclic) bond motifs is 1. The van der Waals surface area contributed by atoms with Crippen LogP contribution in [0.1, 0.15) is 17.3 Å². The Bertz CT molecular complexity index is 485. The van der Waals surface area contributed by atoms with Gasteiger partial charge in [-0.3, -0.25) is 4.79 Å². The first-order valence-corrected chi connectivity index (χ1v) is 5.49. The van der Waals surface area contributed by atoms with Crippen LogP contribution in [0.3, 0.4) is 0 Å². The molecule has 0 radical (unpaired) electrons. The number of para-hydroxylation sites is 1. The molecule has 18 heavy (non-hydrogen) atoms. The van der Waals surface area contributed by atoms with Crippen molar-refractivity contribution in [1.29, 1.82) is 0 Å². The molecule has 1 aromatic rings. The highest BCUT2D eigenvalue weighted by molar-refractivity contribution is 5.98. The van der Waals surface area contributed by atoms with E-state index in [1.54, 1.807) is 18.2 Å². The lowest BCUT2D eigenvalue weighted by Gasteiger charge is -2.12. The number of carboxylic acid groups (broad SMARTS) is 1. The molecule has 2 rings (SSSR count). The van der Waals surface area contributed by atoms with Gasteiger partial charge in [0.15, 0.2) is 18.1 Å². The molecule has 0 aliphatic carbocycles. The molecule has 2 N–H and O–H groups in total. The number of hydrogen-bond acceptors (Lipinski definition) is 4. The topological polar surface area (TPSA) is 84.9 Å². The molecule has 0 bridgehead atoms. The number of amides is 1.